The number of anilines is 2. The van der Waals surface area contributed by atoms with Crippen molar-refractivity contribution in [3.05, 3.63) is 10.7 Å². The van der Waals surface area contributed by atoms with Crippen molar-refractivity contribution in [2.24, 2.45) is 0 Å². The Labute approximate surface area is 104 Å². The van der Waals surface area contributed by atoms with Crippen molar-refractivity contribution < 1.29 is 0 Å². The Morgan fingerprint density at radius 2 is 2.12 bits per heavy atom. The number of hydrogen-bond donors (Lipinski definition) is 2. The van der Waals surface area contributed by atoms with Crippen LogP contribution in [-0.4, -0.2) is 41.0 Å². The summed E-state index contributed by atoms with van der Waals surface area (Å²) in [7, 11) is 2.14. The number of hydrogen-bond acceptors (Lipinski definition) is 5. The first-order valence-corrected chi connectivity index (χ1v) is 6.18. The number of nitrogen functional groups attached to an aromatic ring is 1. The molecule has 0 unspecified atom stereocenters. The van der Waals surface area contributed by atoms with Crippen molar-refractivity contribution in [2.75, 3.05) is 31.2 Å². The van der Waals surface area contributed by atoms with Gasteiger partial charge < -0.3 is 16.0 Å². The highest BCUT2D eigenvalue weighted by Gasteiger charge is 2.17. The average molecular weight is 286 g/mol. The summed E-state index contributed by atoms with van der Waals surface area (Å²) >= 11 is 3.31. The molecule has 1 aliphatic rings. The van der Waals surface area contributed by atoms with Gasteiger partial charge in [0.1, 0.15) is 10.4 Å². The van der Waals surface area contributed by atoms with Gasteiger partial charge in [0.2, 0.25) is 5.95 Å². The van der Waals surface area contributed by atoms with Gasteiger partial charge in [0.15, 0.2) is 0 Å². The maximum atomic E-state index is 5.66. The Hall–Kier alpha value is -0.880. The first-order valence-electron chi connectivity index (χ1n) is 5.38. The van der Waals surface area contributed by atoms with E-state index in [9.17, 15) is 0 Å². The third-order valence-electron chi connectivity index (χ3n) is 2.77. The zero-order valence-electron chi connectivity index (χ0n) is 9.28. The van der Waals surface area contributed by atoms with Gasteiger partial charge in [-0.1, -0.05) is 0 Å². The molecule has 0 aliphatic carbocycles. The highest BCUT2D eigenvalue weighted by atomic mass is 79.9. The lowest BCUT2D eigenvalue weighted by atomic mass is 10.1. The van der Waals surface area contributed by atoms with Gasteiger partial charge in [-0.2, -0.15) is 4.98 Å². The van der Waals surface area contributed by atoms with E-state index >= 15 is 0 Å². The van der Waals surface area contributed by atoms with E-state index in [1.807, 2.05) is 0 Å². The summed E-state index contributed by atoms with van der Waals surface area (Å²) in [6.07, 6.45) is 2.23. The second kappa shape index (κ2) is 4.97. The van der Waals surface area contributed by atoms with Gasteiger partial charge in [-0.25, -0.2) is 4.98 Å². The number of nitrogens with zero attached hydrogens (tertiary/aromatic N) is 3. The van der Waals surface area contributed by atoms with Crippen LogP contribution in [0.4, 0.5) is 11.8 Å². The van der Waals surface area contributed by atoms with Crippen LogP contribution in [0.15, 0.2) is 10.7 Å². The van der Waals surface area contributed by atoms with Crippen molar-refractivity contribution in [3.8, 4) is 0 Å². The molecule has 0 atom stereocenters. The van der Waals surface area contributed by atoms with Crippen LogP contribution in [0.3, 0.4) is 0 Å². The van der Waals surface area contributed by atoms with Crippen LogP contribution >= 0.6 is 15.9 Å². The molecule has 0 amide bonds. The number of rotatable bonds is 2. The lowest BCUT2D eigenvalue weighted by Crippen LogP contribution is -2.37. The van der Waals surface area contributed by atoms with E-state index in [0.717, 1.165) is 30.5 Å². The first-order chi connectivity index (χ1) is 7.63. The monoisotopic (exact) mass is 285 g/mol. The van der Waals surface area contributed by atoms with Crippen molar-refractivity contribution in [1.29, 1.82) is 0 Å². The normalized spacial score (nSPS) is 18.6. The minimum atomic E-state index is 0.449. The first kappa shape index (κ1) is 11.6. The molecule has 88 valence electrons. The van der Waals surface area contributed by atoms with Gasteiger partial charge in [-0.05, 0) is 48.9 Å². The van der Waals surface area contributed by atoms with Crippen LogP contribution in [0.25, 0.3) is 0 Å². The molecule has 2 heterocycles. The third-order valence-corrected chi connectivity index (χ3v) is 3.17. The summed E-state index contributed by atoms with van der Waals surface area (Å²) in [6.45, 7) is 2.22. The van der Waals surface area contributed by atoms with E-state index in [0.29, 0.717) is 17.8 Å². The number of likely N-dealkylation sites (tertiary alicyclic amines) is 1. The molecule has 0 aromatic carbocycles. The second-order valence-corrected chi connectivity index (χ2v) is 4.97. The van der Waals surface area contributed by atoms with Crippen molar-refractivity contribution in [1.82, 2.24) is 14.9 Å². The van der Waals surface area contributed by atoms with Crippen LogP contribution < -0.4 is 11.1 Å². The van der Waals surface area contributed by atoms with Crippen molar-refractivity contribution >= 4 is 27.7 Å². The Morgan fingerprint density at radius 3 is 2.75 bits per heavy atom. The topological polar surface area (TPSA) is 67.1 Å². The van der Waals surface area contributed by atoms with Gasteiger partial charge in [-0.15, -0.1) is 0 Å². The fourth-order valence-corrected chi connectivity index (χ4v) is 2.24. The molecule has 0 bridgehead atoms. The van der Waals surface area contributed by atoms with Gasteiger partial charge in [0.25, 0.3) is 0 Å². The minimum absolute atomic E-state index is 0.449. The summed E-state index contributed by atoms with van der Waals surface area (Å²) in [4.78, 5) is 10.7. The zero-order chi connectivity index (χ0) is 11.5. The highest BCUT2D eigenvalue weighted by Crippen LogP contribution is 2.16. The van der Waals surface area contributed by atoms with E-state index in [2.05, 4.69) is 43.2 Å². The lowest BCUT2D eigenvalue weighted by molar-refractivity contribution is 0.263. The maximum Gasteiger partial charge on any atom is 0.225 e. The molecule has 1 aromatic rings. The van der Waals surface area contributed by atoms with E-state index in [1.165, 1.54) is 0 Å². The SMILES string of the molecule is CN1CCC(Nc2nc(N)cc(Br)n2)CC1. The fraction of sp³-hybridized carbons (Fsp3) is 0.600. The van der Waals surface area contributed by atoms with E-state index in [-0.39, 0.29) is 0 Å². The van der Waals surface area contributed by atoms with Crippen LogP contribution in [0, 0.1) is 0 Å². The quantitative estimate of drug-likeness (QED) is 0.803. The van der Waals surface area contributed by atoms with Gasteiger partial charge in [0, 0.05) is 12.1 Å². The molecule has 3 N–H and O–H groups in total. The van der Waals surface area contributed by atoms with Crippen molar-refractivity contribution in [2.45, 2.75) is 18.9 Å². The predicted molar refractivity (Wildman–Crippen MR) is 68.3 cm³/mol. The number of halogens is 1. The molecule has 0 saturated carbocycles. The number of nitrogens with one attached hydrogen (secondary N) is 1. The Bertz CT molecular complexity index is 342. The van der Waals surface area contributed by atoms with E-state index in [1.54, 1.807) is 6.07 Å². The molecule has 5 nitrogen and oxygen atoms in total. The van der Waals surface area contributed by atoms with E-state index in [4.69, 9.17) is 5.73 Å². The molecule has 16 heavy (non-hydrogen) atoms. The largest absolute Gasteiger partial charge is 0.383 e. The summed E-state index contributed by atoms with van der Waals surface area (Å²) in [5, 5.41) is 3.32. The Balaban J connectivity index is 1.98. The third kappa shape index (κ3) is 3.05. The van der Waals surface area contributed by atoms with Gasteiger partial charge >= 0.3 is 0 Å². The molecule has 2 rings (SSSR count). The molecular formula is C10H16BrN5. The smallest absolute Gasteiger partial charge is 0.225 e. The molecule has 1 saturated heterocycles. The minimum Gasteiger partial charge on any atom is -0.383 e. The van der Waals surface area contributed by atoms with Crippen LogP contribution in [-0.2, 0) is 0 Å². The average Bonchev–Trinajstić information content (AvgIpc) is 2.20. The molecule has 0 spiro atoms. The number of piperidine rings is 1. The highest BCUT2D eigenvalue weighted by molar-refractivity contribution is 9.10. The van der Waals surface area contributed by atoms with Crippen molar-refractivity contribution in [3.63, 3.8) is 0 Å². The molecule has 1 fully saturated rings. The maximum absolute atomic E-state index is 5.66. The zero-order valence-corrected chi connectivity index (χ0v) is 10.9. The molecule has 6 heteroatoms. The summed E-state index contributed by atoms with van der Waals surface area (Å²) in [6, 6.07) is 2.14. The molecule has 0 radical (unpaired) electrons. The number of aromatic nitrogens is 2. The van der Waals surface area contributed by atoms with Crippen LogP contribution in [0.2, 0.25) is 0 Å². The van der Waals surface area contributed by atoms with Gasteiger partial charge in [0.05, 0.1) is 0 Å². The standard InChI is InChI=1S/C10H16BrN5/c1-16-4-2-7(3-5-16)13-10-14-8(11)6-9(12)15-10/h6-7H,2-5H2,1H3,(H3,12,13,14,15). The predicted octanol–water partition coefficient (Wildman–Crippen LogP) is 1.33. The fourth-order valence-electron chi connectivity index (χ4n) is 1.84. The lowest BCUT2D eigenvalue weighted by Gasteiger charge is -2.29. The van der Waals surface area contributed by atoms with Gasteiger partial charge in [-0.3, -0.25) is 0 Å². The molecular weight excluding hydrogens is 270 g/mol. The Morgan fingerprint density at radius 1 is 1.44 bits per heavy atom. The van der Waals surface area contributed by atoms with Crippen LogP contribution in [0.5, 0.6) is 0 Å². The van der Waals surface area contributed by atoms with Crippen LogP contribution in [0.1, 0.15) is 12.8 Å². The summed E-state index contributed by atoms with van der Waals surface area (Å²) < 4.78 is 0.718. The second-order valence-electron chi connectivity index (χ2n) is 4.16. The summed E-state index contributed by atoms with van der Waals surface area (Å²) in [5.41, 5.74) is 5.66. The number of nitrogens with two attached hydrogens (primary N) is 1. The molecule has 1 aliphatic heterocycles. The van der Waals surface area contributed by atoms with E-state index < -0.39 is 0 Å². The molecule has 1 aromatic heterocycles. The Kier molecular flexibility index (Phi) is 3.60. The summed E-state index contributed by atoms with van der Waals surface area (Å²) in [5.74, 6) is 1.10.